The lowest BCUT2D eigenvalue weighted by molar-refractivity contribution is 0.307. The number of nitrogens with zero attached hydrogens (tertiary/aromatic N) is 1. The van der Waals surface area contributed by atoms with Crippen LogP contribution in [0.4, 0.5) is 11.5 Å². The molecular formula is C16H23N3O2. The second-order valence-electron chi connectivity index (χ2n) is 5.17. The average Bonchev–Trinajstić information content (AvgIpc) is 2.78. The first kappa shape index (κ1) is 15.2. The second kappa shape index (κ2) is 6.52. The van der Waals surface area contributed by atoms with Crippen LogP contribution in [0.1, 0.15) is 43.4 Å². The maximum Gasteiger partial charge on any atom is 0.239 e. The molecule has 2 rings (SSSR count). The molecule has 0 aliphatic carbocycles. The van der Waals surface area contributed by atoms with E-state index in [9.17, 15) is 0 Å². The number of aryl methyl sites for hydroxylation is 2. The Morgan fingerprint density at radius 2 is 2.14 bits per heavy atom. The number of ether oxygens (including phenoxy) is 1. The summed E-state index contributed by atoms with van der Waals surface area (Å²) < 4.78 is 11.1. The van der Waals surface area contributed by atoms with Gasteiger partial charge in [-0.2, -0.15) is 4.98 Å². The van der Waals surface area contributed by atoms with E-state index in [2.05, 4.69) is 17.2 Å². The predicted molar refractivity (Wildman–Crippen MR) is 84.7 cm³/mol. The largest absolute Gasteiger partial charge is 0.476 e. The fourth-order valence-electron chi connectivity index (χ4n) is 2.23. The number of nitrogen functional groups attached to an aromatic ring is 1. The Morgan fingerprint density at radius 3 is 2.76 bits per heavy atom. The van der Waals surface area contributed by atoms with Gasteiger partial charge in [-0.3, -0.25) is 0 Å². The molecule has 1 atom stereocenters. The SMILES string of the molecule is CCCOc1nc(NC(C)c2cc(C)oc2C)ccc1N. The van der Waals surface area contributed by atoms with Crippen molar-refractivity contribution in [2.45, 2.75) is 40.2 Å². The van der Waals surface area contributed by atoms with Gasteiger partial charge in [0.25, 0.3) is 0 Å². The highest BCUT2D eigenvalue weighted by atomic mass is 16.5. The fourth-order valence-corrected chi connectivity index (χ4v) is 2.23. The van der Waals surface area contributed by atoms with Gasteiger partial charge in [0.05, 0.1) is 18.3 Å². The van der Waals surface area contributed by atoms with Gasteiger partial charge < -0.3 is 20.2 Å². The summed E-state index contributed by atoms with van der Waals surface area (Å²) in [6.45, 7) is 8.64. The first-order chi connectivity index (χ1) is 10.0. The van der Waals surface area contributed by atoms with Gasteiger partial charge in [0.1, 0.15) is 17.3 Å². The van der Waals surface area contributed by atoms with Crippen LogP contribution in [-0.4, -0.2) is 11.6 Å². The van der Waals surface area contributed by atoms with E-state index >= 15 is 0 Å². The van der Waals surface area contributed by atoms with Crippen molar-refractivity contribution in [3.63, 3.8) is 0 Å². The van der Waals surface area contributed by atoms with Crippen LogP contribution in [0, 0.1) is 13.8 Å². The van der Waals surface area contributed by atoms with E-state index in [0.29, 0.717) is 18.2 Å². The van der Waals surface area contributed by atoms with Gasteiger partial charge in [0, 0.05) is 5.56 Å². The minimum absolute atomic E-state index is 0.0950. The summed E-state index contributed by atoms with van der Waals surface area (Å²) in [5, 5.41) is 3.35. The van der Waals surface area contributed by atoms with E-state index in [1.165, 1.54) is 0 Å². The molecule has 0 bridgehead atoms. The molecule has 2 heterocycles. The number of pyridine rings is 1. The molecule has 5 nitrogen and oxygen atoms in total. The smallest absolute Gasteiger partial charge is 0.239 e. The zero-order valence-corrected chi connectivity index (χ0v) is 13.1. The Bertz CT molecular complexity index is 608. The molecule has 0 aliphatic heterocycles. The number of rotatable bonds is 6. The molecule has 0 radical (unpaired) electrons. The lowest BCUT2D eigenvalue weighted by Crippen LogP contribution is -2.09. The minimum atomic E-state index is 0.0950. The molecule has 0 fully saturated rings. The highest BCUT2D eigenvalue weighted by Crippen LogP contribution is 2.26. The zero-order valence-electron chi connectivity index (χ0n) is 13.1. The van der Waals surface area contributed by atoms with Crippen LogP contribution < -0.4 is 15.8 Å². The molecular weight excluding hydrogens is 266 g/mol. The first-order valence-electron chi connectivity index (χ1n) is 7.24. The van der Waals surface area contributed by atoms with E-state index < -0.39 is 0 Å². The molecule has 114 valence electrons. The van der Waals surface area contributed by atoms with Crippen molar-refractivity contribution in [2.75, 3.05) is 17.7 Å². The van der Waals surface area contributed by atoms with E-state index in [1.807, 2.05) is 32.9 Å². The summed E-state index contributed by atoms with van der Waals surface area (Å²) in [5.74, 6) is 3.05. The monoisotopic (exact) mass is 289 g/mol. The molecule has 0 saturated heterocycles. The van der Waals surface area contributed by atoms with Crippen LogP contribution in [0.25, 0.3) is 0 Å². The molecule has 0 spiro atoms. The fraction of sp³-hybridized carbons (Fsp3) is 0.438. The van der Waals surface area contributed by atoms with Crippen molar-refractivity contribution in [2.24, 2.45) is 0 Å². The standard InChI is InChI=1S/C16H23N3O2/c1-5-8-20-16-14(17)6-7-15(19-16)18-11(3)13-9-10(2)21-12(13)4/h6-7,9,11H,5,8,17H2,1-4H3,(H,18,19). The average molecular weight is 289 g/mol. The number of anilines is 2. The van der Waals surface area contributed by atoms with Crippen LogP contribution in [-0.2, 0) is 0 Å². The molecule has 0 saturated carbocycles. The number of hydrogen-bond donors (Lipinski definition) is 2. The van der Waals surface area contributed by atoms with Crippen LogP contribution >= 0.6 is 0 Å². The topological polar surface area (TPSA) is 73.3 Å². The molecule has 2 aromatic rings. The lowest BCUT2D eigenvalue weighted by Gasteiger charge is -2.15. The van der Waals surface area contributed by atoms with Gasteiger partial charge in [-0.1, -0.05) is 6.92 Å². The molecule has 21 heavy (non-hydrogen) atoms. The van der Waals surface area contributed by atoms with Crippen molar-refractivity contribution in [1.82, 2.24) is 4.98 Å². The molecule has 1 unspecified atom stereocenters. The van der Waals surface area contributed by atoms with Gasteiger partial charge in [-0.25, -0.2) is 0 Å². The summed E-state index contributed by atoms with van der Waals surface area (Å²) >= 11 is 0. The second-order valence-corrected chi connectivity index (χ2v) is 5.17. The quantitative estimate of drug-likeness (QED) is 0.845. The van der Waals surface area contributed by atoms with Crippen LogP contribution in [0.2, 0.25) is 0 Å². The van der Waals surface area contributed by atoms with Gasteiger partial charge in [0.15, 0.2) is 0 Å². The van der Waals surface area contributed by atoms with E-state index in [-0.39, 0.29) is 6.04 Å². The van der Waals surface area contributed by atoms with Crippen LogP contribution in [0.3, 0.4) is 0 Å². The van der Waals surface area contributed by atoms with E-state index in [4.69, 9.17) is 14.9 Å². The lowest BCUT2D eigenvalue weighted by atomic mass is 10.1. The van der Waals surface area contributed by atoms with Crippen molar-refractivity contribution >= 4 is 11.5 Å². The Balaban J connectivity index is 2.13. The first-order valence-corrected chi connectivity index (χ1v) is 7.24. The third-order valence-corrected chi connectivity index (χ3v) is 3.24. The summed E-state index contributed by atoms with van der Waals surface area (Å²) in [5.41, 5.74) is 7.55. The Morgan fingerprint density at radius 1 is 1.38 bits per heavy atom. The molecule has 0 amide bonds. The molecule has 5 heteroatoms. The highest BCUT2D eigenvalue weighted by Gasteiger charge is 2.14. The van der Waals surface area contributed by atoms with Crippen molar-refractivity contribution in [3.8, 4) is 5.88 Å². The molecule has 0 aliphatic rings. The van der Waals surface area contributed by atoms with Crippen molar-refractivity contribution in [1.29, 1.82) is 0 Å². The number of nitrogens with two attached hydrogens (primary N) is 1. The Labute approximate surface area is 125 Å². The third kappa shape index (κ3) is 3.68. The van der Waals surface area contributed by atoms with Gasteiger partial charge in [0.2, 0.25) is 5.88 Å². The highest BCUT2D eigenvalue weighted by molar-refractivity contribution is 5.54. The van der Waals surface area contributed by atoms with Crippen LogP contribution in [0.15, 0.2) is 22.6 Å². The van der Waals surface area contributed by atoms with Crippen molar-refractivity contribution in [3.05, 3.63) is 35.3 Å². The van der Waals surface area contributed by atoms with Gasteiger partial charge in [-0.15, -0.1) is 0 Å². The summed E-state index contributed by atoms with van der Waals surface area (Å²) in [6.07, 6.45) is 0.919. The number of nitrogens with one attached hydrogen (secondary N) is 1. The molecule has 3 N–H and O–H groups in total. The number of hydrogen-bond acceptors (Lipinski definition) is 5. The summed E-state index contributed by atoms with van der Waals surface area (Å²) in [6, 6.07) is 5.80. The normalized spacial score (nSPS) is 12.2. The zero-order chi connectivity index (χ0) is 15.4. The molecule has 0 aromatic carbocycles. The van der Waals surface area contributed by atoms with E-state index in [1.54, 1.807) is 6.07 Å². The maximum atomic E-state index is 5.87. The van der Waals surface area contributed by atoms with Gasteiger partial charge >= 0.3 is 0 Å². The predicted octanol–water partition coefficient (Wildman–Crippen LogP) is 3.84. The summed E-state index contributed by atoms with van der Waals surface area (Å²) in [7, 11) is 0. The maximum absolute atomic E-state index is 5.87. The Hall–Kier alpha value is -2.17. The van der Waals surface area contributed by atoms with Crippen molar-refractivity contribution < 1.29 is 9.15 Å². The number of furan rings is 1. The van der Waals surface area contributed by atoms with Crippen LogP contribution in [0.5, 0.6) is 5.88 Å². The summed E-state index contributed by atoms with van der Waals surface area (Å²) in [4.78, 5) is 4.42. The Kier molecular flexibility index (Phi) is 4.73. The minimum Gasteiger partial charge on any atom is -0.476 e. The number of aromatic nitrogens is 1. The van der Waals surface area contributed by atoms with E-state index in [0.717, 1.165) is 29.3 Å². The molecule has 2 aromatic heterocycles. The third-order valence-electron chi connectivity index (χ3n) is 3.24. The van der Waals surface area contributed by atoms with Gasteiger partial charge in [-0.05, 0) is 45.4 Å².